The van der Waals surface area contributed by atoms with E-state index in [1.54, 1.807) is 34.0 Å². The van der Waals surface area contributed by atoms with E-state index in [0.717, 1.165) is 18.4 Å². The number of esters is 1. The van der Waals surface area contributed by atoms with Crippen molar-refractivity contribution < 1.29 is 58.2 Å². The minimum atomic E-state index is -2.41. The Labute approximate surface area is 375 Å². The lowest BCUT2D eigenvalue weighted by Crippen LogP contribution is -2.61. The van der Waals surface area contributed by atoms with Crippen molar-refractivity contribution in [1.29, 1.82) is 0 Å². The van der Waals surface area contributed by atoms with Crippen LogP contribution in [0.15, 0.2) is 47.6 Å². The number of aliphatic hydroxyl groups is 3. The summed E-state index contributed by atoms with van der Waals surface area (Å²) < 4.78 is 23.8. The molecule has 1 amide bonds. The van der Waals surface area contributed by atoms with Crippen molar-refractivity contribution in [3.8, 4) is 0 Å². The summed E-state index contributed by atoms with van der Waals surface area (Å²) >= 11 is 0. The van der Waals surface area contributed by atoms with E-state index in [1.165, 1.54) is 12.0 Å². The van der Waals surface area contributed by atoms with Crippen LogP contribution in [0.2, 0.25) is 0 Å². The lowest BCUT2D eigenvalue weighted by atomic mass is 9.79. The highest BCUT2D eigenvalue weighted by atomic mass is 16.6. The normalized spacial score (nSPS) is 37.5. The molecule has 2 saturated heterocycles. The monoisotopic (exact) mass is 884 g/mol. The molecule has 13 nitrogen and oxygen atoms in total. The van der Waals surface area contributed by atoms with E-state index in [4.69, 9.17) is 18.9 Å². The number of aliphatic hydroxyl groups excluding tert-OH is 2. The molecule has 4 rings (SSSR count). The third kappa shape index (κ3) is 14.1. The summed E-state index contributed by atoms with van der Waals surface area (Å²) in [5.41, 5.74) is 1.29. The molecular weight excluding hydrogens is 807 g/mol. The van der Waals surface area contributed by atoms with Gasteiger partial charge in [0, 0.05) is 51.4 Å². The number of piperidine rings is 1. The van der Waals surface area contributed by atoms with Crippen LogP contribution in [0, 0.1) is 35.5 Å². The van der Waals surface area contributed by atoms with E-state index in [2.05, 4.69) is 0 Å². The Morgan fingerprint density at radius 1 is 0.857 bits per heavy atom. The predicted octanol–water partition coefficient (Wildman–Crippen LogP) is 6.56. The van der Waals surface area contributed by atoms with Crippen LogP contribution in [-0.4, -0.2) is 119 Å². The molecule has 1 saturated carbocycles. The highest BCUT2D eigenvalue weighted by molar-refractivity contribution is 6.39. The van der Waals surface area contributed by atoms with Crippen molar-refractivity contribution in [2.24, 2.45) is 35.5 Å². The molecule has 12 atom stereocenters. The maximum Gasteiger partial charge on any atom is 0.329 e. The Kier molecular flexibility index (Phi) is 20.1. The number of hydrogen-bond acceptors (Lipinski definition) is 12. The molecule has 2 bridgehead atoms. The van der Waals surface area contributed by atoms with Gasteiger partial charge >= 0.3 is 5.97 Å². The molecule has 0 spiro atoms. The molecule has 3 N–H and O–H groups in total. The summed E-state index contributed by atoms with van der Waals surface area (Å²) in [5.74, 6) is -7.60. The summed E-state index contributed by atoms with van der Waals surface area (Å²) in [6, 6.07) is -1.11. The number of amides is 1. The number of nitrogens with zero attached hydrogens (tertiary/aromatic N) is 1. The first-order valence-corrected chi connectivity index (χ1v) is 23.4. The van der Waals surface area contributed by atoms with Gasteiger partial charge in [0.05, 0.1) is 18.3 Å². The highest BCUT2D eigenvalue weighted by Gasteiger charge is 2.53. The van der Waals surface area contributed by atoms with E-state index >= 15 is 0 Å². The van der Waals surface area contributed by atoms with Gasteiger partial charge in [-0.3, -0.25) is 19.2 Å². The molecule has 12 unspecified atom stereocenters. The zero-order valence-corrected chi connectivity index (χ0v) is 39.3. The molecule has 0 radical (unpaired) electrons. The number of carbonyl (C=O) groups is 5. The van der Waals surface area contributed by atoms with Crippen LogP contribution < -0.4 is 0 Å². The standard InChI is InChI=1S/C50H77NO12/c1-30-15-11-10-12-16-31(2)42(60-8)28-39-23-18-36(7)50(59,63-39)47(56)48(57)51-24-14-13-17-40(51)49(58)62-43(33(4)27-37-19-21-38(52)22-20-37)29-41(53)32(3)26-35(6)45(55)46(61-9)44(54)34(5)25-30/h10-12,15-16,26,30,32-34,36-40,42-43,45-46,52,55,59H,13-14,17-25,27-29H2,1-9H3. The molecule has 63 heavy (non-hydrogen) atoms. The van der Waals surface area contributed by atoms with Crippen molar-refractivity contribution in [3.05, 3.63) is 47.6 Å². The van der Waals surface area contributed by atoms with E-state index < -0.39 is 77.8 Å². The lowest BCUT2D eigenvalue weighted by molar-refractivity contribution is -0.265. The van der Waals surface area contributed by atoms with Crippen LogP contribution in [0.5, 0.6) is 0 Å². The van der Waals surface area contributed by atoms with Crippen molar-refractivity contribution in [3.63, 3.8) is 0 Å². The second-order valence-electron chi connectivity index (χ2n) is 19.2. The van der Waals surface area contributed by atoms with Crippen LogP contribution in [-0.2, 0) is 42.9 Å². The third-order valence-corrected chi connectivity index (χ3v) is 14.1. The van der Waals surface area contributed by atoms with Gasteiger partial charge in [0.2, 0.25) is 5.79 Å². The van der Waals surface area contributed by atoms with Crippen LogP contribution >= 0.6 is 0 Å². The Morgan fingerprint density at radius 2 is 1.56 bits per heavy atom. The number of Topliss-reactive ketones (excluding diaryl/α,β-unsaturated/α-hetero) is 3. The SMILES string of the molecule is COC1CC2CCC(C)C(O)(O2)C(=O)C(=O)N2CCCCC2C(=O)OC(C(C)CC2CCC(O)CC2)CC(=O)C(C)C=C(C)C(O)C(OC)C(=O)C(C)CC(C)C=CC=CC=C1C. The molecule has 0 aromatic rings. The van der Waals surface area contributed by atoms with Gasteiger partial charge < -0.3 is 39.2 Å². The molecule has 354 valence electrons. The molecule has 1 aliphatic carbocycles. The number of fused-ring (bicyclic) bond motifs is 3. The van der Waals surface area contributed by atoms with Crippen LogP contribution in [0.3, 0.4) is 0 Å². The van der Waals surface area contributed by atoms with Crippen molar-refractivity contribution in [2.75, 3.05) is 20.8 Å². The number of ether oxygens (including phenoxy) is 4. The minimum Gasteiger partial charge on any atom is -0.460 e. The molecule has 3 aliphatic heterocycles. The van der Waals surface area contributed by atoms with Gasteiger partial charge in [-0.15, -0.1) is 0 Å². The van der Waals surface area contributed by atoms with Gasteiger partial charge in [-0.2, -0.15) is 0 Å². The van der Waals surface area contributed by atoms with Gasteiger partial charge in [-0.25, -0.2) is 4.79 Å². The zero-order valence-electron chi connectivity index (χ0n) is 39.3. The van der Waals surface area contributed by atoms with Crippen LogP contribution in [0.25, 0.3) is 0 Å². The fourth-order valence-corrected chi connectivity index (χ4v) is 9.83. The fraction of sp³-hybridized carbons (Fsp3) is 0.740. The summed E-state index contributed by atoms with van der Waals surface area (Å²) in [7, 11) is 2.96. The second kappa shape index (κ2) is 24.3. The number of ketones is 3. The average Bonchev–Trinajstić information content (AvgIpc) is 3.26. The van der Waals surface area contributed by atoms with Crippen molar-refractivity contribution in [1.82, 2.24) is 4.90 Å². The molecule has 3 heterocycles. The first kappa shape index (κ1) is 52.3. The van der Waals surface area contributed by atoms with Gasteiger partial charge in [0.1, 0.15) is 30.1 Å². The number of cyclic esters (lactones) is 1. The average molecular weight is 884 g/mol. The predicted molar refractivity (Wildman–Crippen MR) is 239 cm³/mol. The van der Waals surface area contributed by atoms with Crippen molar-refractivity contribution in [2.45, 2.75) is 180 Å². The summed E-state index contributed by atoms with van der Waals surface area (Å²) in [6.07, 6.45) is 13.2. The van der Waals surface area contributed by atoms with Crippen LogP contribution in [0.4, 0.5) is 0 Å². The zero-order chi connectivity index (χ0) is 46.6. The van der Waals surface area contributed by atoms with E-state index in [9.17, 15) is 39.3 Å². The Balaban J connectivity index is 1.69. The fourth-order valence-electron chi connectivity index (χ4n) is 9.83. The van der Waals surface area contributed by atoms with Crippen LogP contribution in [0.1, 0.15) is 132 Å². The Morgan fingerprint density at radius 3 is 2.22 bits per heavy atom. The lowest BCUT2D eigenvalue weighted by Gasteiger charge is -2.42. The van der Waals surface area contributed by atoms with E-state index in [0.29, 0.717) is 63.4 Å². The molecule has 0 aromatic heterocycles. The van der Waals surface area contributed by atoms with Gasteiger partial charge in [0.15, 0.2) is 5.78 Å². The van der Waals surface area contributed by atoms with Gasteiger partial charge in [-0.05, 0) is 113 Å². The Hall–Kier alpha value is -3.33. The molecule has 0 aromatic carbocycles. The molecular formula is C50H77NO12. The second-order valence-corrected chi connectivity index (χ2v) is 19.2. The number of methoxy groups -OCH3 is 2. The number of carbonyl (C=O) groups excluding carboxylic acids is 5. The molecule has 13 heteroatoms. The number of allylic oxidation sites excluding steroid dienone is 6. The highest BCUT2D eigenvalue weighted by Crippen LogP contribution is 2.37. The maximum atomic E-state index is 14.3. The number of hydrogen-bond donors (Lipinski definition) is 3. The third-order valence-electron chi connectivity index (χ3n) is 14.1. The van der Waals surface area contributed by atoms with E-state index in [-0.39, 0.29) is 54.8 Å². The summed E-state index contributed by atoms with van der Waals surface area (Å²) in [5, 5.41) is 33.4. The quantitative estimate of drug-likeness (QED) is 0.154. The van der Waals surface area contributed by atoms with Gasteiger partial charge in [-0.1, -0.05) is 71.1 Å². The first-order valence-electron chi connectivity index (χ1n) is 23.4. The molecule has 4 aliphatic rings. The Bertz CT molecular complexity index is 1690. The van der Waals surface area contributed by atoms with Crippen molar-refractivity contribution >= 4 is 29.2 Å². The largest absolute Gasteiger partial charge is 0.460 e. The summed E-state index contributed by atoms with van der Waals surface area (Å²) in [4.78, 5) is 71.5. The maximum absolute atomic E-state index is 14.3. The first-order chi connectivity index (χ1) is 29.8. The topological polar surface area (TPSA) is 186 Å². The van der Waals surface area contributed by atoms with Gasteiger partial charge in [0.25, 0.3) is 11.7 Å². The summed E-state index contributed by atoms with van der Waals surface area (Å²) in [6.45, 7) is 12.8. The van der Waals surface area contributed by atoms with E-state index in [1.807, 2.05) is 58.1 Å². The minimum absolute atomic E-state index is 0.0273. The number of rotatable bonds is 5. The molecule has 3 fully saturated rings. The smallest absolute Gasteiger partial charge is 0.329 e.